The van der Waals surface area contributed by atoms with Crippen LogP contribution in [-0.4, -0.2) is 68.2 Å². The number of cyclic esters (lactones) is 1. The second-order valence-electron chi connectivity index (χ2n) is 8.36. The quantitative estimate of drug-likeness (QED) is 0.392. The minimum absolute atomic E-state index is 0.0238. The predicted octanol–water partition coefficient (Wildman–Crippen LogP) is 2.67. The van der Waals surface area contributed by atoms with E-state index in [1.54, 1.807) is 14.0 Å². The summed E-state index contributed by atoms with van der Waals surface area (Å²) in [6.07, 6.45) is 1.26. The van der Waals surface area contributed by atoms with Crippen LogP contribution in [0.2, 0.25) is 0 Å². The van der Waals surface area contributed by atoms with E-state index in [-0.39, 0.29) is 23.3 Å². The molecule has 0 saturated carbocycles. The lowest BCUT2D eigenvalue weighted by Crippen LogP contribution is -2.46. The van der Waals surface area contributed by atoms with E-state index < -0.39 is 42.9 Å². The van der Waals surface area contributed by atoms with Crippen LogP contribution in [0.1, 0.15) is 43.6 Å². The van der Waals surface area contributed by atoms with Crippen LogP contribution in [0.4, 0.5) is 0 Å². The van der Waals surface area contributed by atoms with Crippen LogP contribution in [0.5, 0.6) is 17.2 Å². The van der Waals surface area contributed by atoms with Crippen molar-refractivity contribution in [1.29, 1.82) is 0 Å². The van der Waals surface area contributed by atoms with Gasteiger partial charge in [-0.3, -0.25) is 9.59 Å². The minimum Gasteiger partial charge on any atom is -0.493 e. The maximum atomic E-state index is 13.2. The number of carbonyl (C=O) groups excluding carboxylic acids is 3. The number of para-hydroxylation sites is 1. The van der Waals surface area contributed by atoms with Crippen molar-refractivity contribution < 1.29 is 42.8 Å². The van der Waals surface area contributed by atoms with Gasteiger partial charge in [-0.2, -0.15) is 0 Å². The molecule has 11 heteroatoms. The molecule has 2 aromatic rings. The molecule has 1 aliphatic rings. The number of carbonyl (C=O) groups is 3. The summed E-state index contributed by atoms with van der Waals surface area (Å²) in [5.74, 6) is -0.964. The molecule has 0 bridgehead atoms. The highest BCUT2D eigenvalue weighted by molar-refractivity contribution is 5.98. The number of pyridine rings is 1. The van der Waals surface area contributed by atoms with Gasteiger partial charge in [0.25, 0.3) is 5.91 Å². The number of nitrogens with zero attached hydrogens (tertiary/aromatic N) is 1. The van der Waals surface area contributed by atoms with Crippen LogP contribution < -0.4 is 19.5 Å². The Morgan fingerprint density at radius 3 is 2.57 bits per heavy atom. The molecule has 4 atom stereocenters. The molecule has 1 N–H and O–H groups in total. The number of hydrogen-bond acceptors (Lipinski definition) is 10. The van der Waals surface area contributed by atoms with Gasteiger partial charge in [0.05, 0.1) is 7.11 Å². The van der Waals surface area contributed by atoms with Gasteiger partial charge in [0.15, 0.2) is 17.2 Å². The molecule has 1 amide bonds. The Hall–Kier alpha value is -3.86. The number of amides is 1. The zero-order valence-corrected chi connectivity index (χ0v) is 21.3. The number of aromatic nitrogens is 1. The normalized spacial score (nSPS) is 21.9. The molecular weight excluding hydrogens is 484 g/mol. The lowest BCUT2D eigenvalue weighted by molar-refractivity contribution is -0.160. The predicted molar refractivity (Wildman–Crippen MR) is 130 cm³/mol. The molecule has 1 saturated heterocycles. The van der Waals surface area contributed by atoms with E-state index in [1.807, 2.05) is 30.3 Å². The van der Waals surface area contributed by atoms with E-state index in [0.29, 0.717) is 25.0 Å². The SMILES string of the molecule is COc1ccnc(C(=O)NC2CCCC(Oc3ccccc3)C(OC)C(C)OC2=O)c1OCOC(C)=O. The van der Waals surface area contributed by atoms with Gasteiger partial charge in [-0.25, -0.2) is 9.78 Å². The van der Waals surface area contributed by atoms with Crippen molar-refractivity contribution >= 4 is 17.8 Å². The number of rotatable bonds is 9. The van der Waals surface area contributed by atoms with E-state index >= 15 is 0 Å². The second-order valence-corrected chi connectivity index (χ2v) is 8.36. The lowest BCUT2D eigenvalue weighted by Gasteiger charge is -2.30. The van der Waals surface area contributed by atoms with E-state index in [4.69, 9.17) is 28.4 Å². The van der Waals surface area contributed by atoms with Gasteiger partial charge in [-0.1, -0.05) is 18.2 Å². The third-order valence-electron chi connectivity index (χ3n) is 5.77. The zero-order chi connectivity index (χ0) is 26.8. The van der Waals surface area contributed by atoms with E-state index in [9.17, 15) is 14.4 Å². The third kappa shape index (κ3) is 7.56. The Morgan fingerprint density at radius 2 is 1.89 bits per heavy atom. The second kappa shape index (κ2) is 13.4. The van der Waals surface area contributed by atoms with Crippen molar-refractivity contribution in [2.24, 2.45) is 0 Å². The summed E-state index contributed by atoms with van der Waals surface area (Å²) in [7, 11) is 2.94. The Morgan fingerprint density at radius 1 is 1.14 bits per heavy atom. The summed E-state index contributed by atoms with van der Waals surface area (Å²) in [6, 6.07) is 9.88. The third-order valence-corrected chi connectivity index (χ3v) is 5.77. The maximum Gasteiger partial charge on any atom is 0.329 e. The van der Waals surface area contributed by atoms with Crippen molar-refractivity contribution in [2.45, 2.75) is 57.5 Å². The van der Waals surface area contributed by atoms with E-state index in [0.717, 1.165) is 0 Å². The summed E-state index contributed by atoms with van der Waals surface area (Å²) in [4.78, 5) is 41.4. The van der Waals surface area contributed by atoms with Crippen LogP contribution in [0, 0.1) is 0 Å². The summed E-state index contributed by atoms with van der Waals surface area (Å²) >= 11 is 0. The van der Waals surface area contributed by atoms with Crippen molar-refractivity contribution in [3.8, 4) is 17.2 Å². The highest BCUT2D eigenvalue weighted by Gasteiger charge is 2.36. The van der Waals surface area contributed by atoms with Crippen LogP contribution >= 0.6 is 0 Å². The lowest BCUT2D eigenvalue weighted by atomic mass is 10.0. The average molecular weight is 517 g/mol. The van der Waals surface area contributed by atoms with Crippen LogP contribution in [0.3, 0.4) is 0 Å². The molecule has 0 radical (unpaired) electrons. The monoisotopic (exact) mass is 516 g/mol. The molecule has 1 aromatic heterocycles. The van der Waals surface area contributed by atoms with Gasteiger partial charge in [-0.15, -0.1) is 0 Å². The standard InChI is InChI=1S/C26H32N2O9/c1-16-23(33-4)21(37-18-9-6-5-7-10-18)12-8-11-19(26(31)36-16)28-25(30)22-24(35-15-34-17(2)29)20(32-3)13-14-27-22/h5-7,9-10,13-14,16,19,21,23H,8,11-12,15H2,1-4H3,(H,28,30). The van der Waals surface area contributed by atoms with Gasteiger partial charge in [-0.05, 0) is 38.3 Å². The molecule has 0 aliphatic carbocycles. The molecule has 200 valence electrons. The fourth-order valence-electron chi connectivity index (χ4n) is 4.00. The molecular formula is C26H32N2O9. The van der Waals surface area contributed by atoms with Crippen LogP contribution in [0.25, 0.3) is 0 Å². The summed E-state index contributed by atoms with van der Waals surface area (Å²) in [5.41, 5.74) is -0.132. The number of benzene rings is 1. The molecule has 4 unspecified atom stereocenters. The van der Waals surface area contributed by atoms with Crippen molar-refractivity contribution in [2.75, 3.05) is 21.0 Å². The first kappa shape index (κ1) is 27.7. The number of esters is 2. The topological polar surface area (TPSA) is 132 Å². The Balaban J connectivity index is 1.75. The first-order chi connectivity index (χ1) is 17.8. The zero-order valence-electron chi connectivity index (χ0n) is 21.3. The largest absolute Gasteiger partial charge is 0.493 e. The molecule has 1 fully saturated rings. The number of nitrogens with one attached hydrogen (secondary N) is 1. The number of methoxy groups -OCH3 is 2. The van der Waals surface area contributed by atoms with E-state index in [1.165, 1.54) is 26.3 Å². The van der Waals surface area contributed by atoms with Crippen molar-refractivity contribution in [1.82, 2.24) is 10.3 Å². The Bertz CT molecular complexity index is 1060. The summed E-state index contributed by atoms with van der Waals surface area (Å²) < 4.78 is 33.0. The average Bonchev–Trinajstić information content (AvgIpc) is 2.93. The van der Waals surface area contributed by atoms with Crippen LogP contribution in [-0.2, 0) is 23.8 Å². The molecule has 37 heavy (non-hydrogen) atoms. The molecule has 2 heterocycles. The van der Waals surface area contributed by atoms with Gasteiger partial charge in [0.1, 0.15) is 30.1 Å². The fourth-order valence-corrected chi connectivity index (χ4v) is 4.00. The number of hydrogen-bond donors (Lipinski definition) is 1. The fraction of sp³-hybridized carbons (Fsp3) is 0.462. The molecule has 3 rings (SSSR count). The molecule has 11 nitrogen and oxygen atoms in total. The smallest absolute Gasteiger partial charge is 0.329 e. The molecule has 1 aromatic carbocycles. The maximum absolute atomic E-state index is 13.2. The molecule has 0 spiro atoms. The Kier molecular flexibility index (Phi) is 10.1. The van der Waals surface area contributed by atoms with Crippen LogP contribution in [0.15, 0.2) is 42.6 Å². The number of ether oxygens (including phenoxy) is 6. The first-order valence-electron chi connectivity index (χ1n) is 11.9. The van der Waals surface area contributed by atoms with E-state index in [2.05, 4.69) is 10.3 Å². The first-order valence-corrected chi connectivity index (χ1v) is 11.9. The van der Waals surface area contributed by atoms with Crippen molar-refractivity contribution in [3.63, 3.8) is 0 Å². The molecule has 1 aliphatic heterocycles. The highest BCUT2D eigenvalue weighted by atomic mass is 16.7. The van der Waals surface area contributed by atoms with Gasteiger partial charge < -0.3 is 33.7 Å². The summed E-state index contributed by atoms with van der Waals surface area (Å²) in [6.45, 7) is 2.51. The minimum atomic E-state index is -0.947. The van der Waals surface area contributed by atoms with Crippen molar-refractivity contribution in [3.05, 3.63) is 48.3 Å². The summed E-state index contributed by atoms with van der Waals surface area (Å²) in [5, 5.41) is 2.69. The van der Waals surface area contributed by atoms with Gasteiger partial charge >= 0.3 is 11.9 Å². The van der Waals surface area contributed by atoms with Gasteiger partial charge in [0.2, 0.25) is 6.79 Å². The Labute approximate surface area is 215 Å². The van der Waals surface area contributed by atoms with Gasteiger partial charge in [0, 0.05) is 26.3 Å². The highest BCUT2D eigenvalue weighted by Crippen LogP contribution is 2.30.